The SMILES string of the molecule is CCN(C)C(=O)NCCCS(C)(=O)=O. The average molecular weight is 222 g/mol. The second-order valence-corrected chi connectivity index (χ2v) is 5.49. The summed E-state index contributed by atoms with van der Waals surface area (Å²) in [4.78, 5) is 12.7. The van der Waals surface area contributed by atoms with Crippen LogP contribution in [-0.4, -0.2) is 51.5 Å². The van der Waals surface area contributed by atoms with E-state index in [1.807, 2.05) is 6.92 Å². The molecule has 0 aromatic rings. The summed E-state index contributed by atoms with van der Waals surface area (Å²) in [6.45, 7) is 2.91. The van der Waals surface area contributed by atoms with Gasteiger partial charge < -0.3 is 10.2 Å². The molecule has 6 heteroatoms. The second kappa shape index (κ2) is 5.85. The molecule has 0 aromatic carbocycles. The molecule has 0 aliphatic rings. The Morgan fingerprint density at radius 3 is 2.43 bits per heavy atom. The first-order valence-corrected chi connectivity index (χ1v) is 6.59. The molecule has 0 aliphatic carbocycles. The van der Waals surface area contributed by atoms with Crippen molar-refractivity contribution in [3.05, 3.63) is 0 Å². The van der Waals surface area contributed by atoms with E-state index in [0.29, 0.717) is 19.5 Å². The lowest BCUT2D eigenvalue weighted by molar-refractivity contribution is 0.211. The highest BCUT2D eigenvalue weighted by molar-refractivity contribution is 7.90. The summed E-state index contributed by atoms with van der Waals surface area (Å²) in [6.07, 6.45) is 1.65. The highest BCUT2D eigenvalue weighted by Gasteiger charge is 2.05. The fourth-order valence-electron chi connectivity index (χ4n) is 0.808. The number of carbonyl (C=O) groups excluding carboxylic acids is 1. The van der Waals surface area contributed by atoms with Crippen LogP contribution in [0.3, 0.4) is 0 Å². The number of rotatable bonds is 5. The molecule has 0 heterocycles. The van der Waals surface area contributed by atoms with Crippen LogP contribution in [0.1, 0.15) is 13.3 Å². The topological polar surface area (TPSA) is 66.5 Å². The molecule has 84 valence electrons. The van der Waals surface area contributed by atoms with E-state index >= 15 is 0 Å². The van der Waals surface area contributed by atoms with Crippen molar-refractivity contribution in [2.24, 2.45) is 0 Å². The van der Waals surface area contributed by atoms with E-state index in [0.717, 1.165) is 0 Å². The summed E-state index contributed by atoms with van der Waals surface area (Å²) in [5.41, 5.74) is 0. The van der Waals surface area contributed by atoms with Gasteiger partial charge in [-0.1, -0.05) is 0 Å². The zero-order valence-electron chi connectivity index (χ0n) is 8.91. The van der Waals surface area contributed by atoms with Crippen molar-refractivity contribution in [3.8, 4) is 0 Å². The van der Waals surface area contributed by atoms with E-state index in [2.05, 4.69) is 5.32 Å². The van der Waals surface area contributed by atoms with Gasteiger partial charge in [0, 0.05) is 26.4 Å². The van der Waals surface area contributed by atoms with Gasteiger partial charge in [-0.15, -0.1) is 0 Å². The van der Waals surface area contributed by atoms with Gasteiger partial charge in [0.1, 0.15) is 9.84 Å². The van der Waals surface area contributed by atoms with Crippen LogP contribution < -0.4 is 5.32 Å². The second-order valence-electron chi connectivity index (χ2n) is 3.23. The number of hydrogen-bond acceptors (Lipinski definition) is 3. The summed E-state index contributed by atoms with van der Waals surface area (Å²) in [7, 11) is -1.23. The first-order chi connectivity index (χ1) is 6.37. The van der Waals surface area contributed by atoms with Gasteiger partial charge in [0.15, 0.2) is 0 Å². The molecule has 1 N–H and O–H groups in total. The molecule has 0 atom stereocenters. The van der Waals surface area contributed by atoms with Gasteiger partial charge in [0.25, 0.3) is 0 Å². The Morgan fingerprint density at radius 1 is 1.43 bits per heavy atom. The molecule has 0 radical (unpaired) electrons. The number of nitrogens with zero attached hydrogens (tertiary/aromatic N) is 1. The molecule has 0 unspecified atom stereocenters. The van der Waals surface area contributed by atoms with E-state index in [-0.39, 0.29) is 11.8 Å². The maximum absolute atomic E-state index is 11.2. The van der Waals surface area contributed by atoms with Crippen molar-refractivity contribution in [1.29, 1.82) is 0 Å². The van der Waals surface area contributed by atoms with Gasteiger partial charge in [-0.05, 0) is 13.3 Å². The third-order valence-electron chi connectivity index (χ3n) is 1.79. The Labute approximate surface area is 85.4 Å². The molecule has 0 bridgehead atoms. The highest BCUT2D eigenvalue weighted by Crippen LogP contribution is 1.88. The Hall–Kier alpha value is -0.780. The van der Waals surface area contributed by atoms with Crippen LogP contribution in [0.4, 0.5) is 4.79 Å². The molecule has 0 spiro atoms. The fraction of sp³-hybridized carbons (Fsp3) is 0.875. The monoisotopic (exact) mass is 222 g/mol. The third-order valence-corrected chi connectivity index (χ3v) is 2.82. The van der Waals surface area contributed by atoms with E-state index in [1.165, 1.54) is 11.2 Å². The van der Waals surface area contributed by atoms with Crippen LogP contribution >= 0.6 is 0 Å². The van der Waals surface area contributed by atoms with Crippen LogP contribution in [0.5, 0.6) is 0 Å². The molecular weight excluding hydrogens is 204 g/mol. The highest BCUT2D eigenvalue weighted by atomic mass is 32.2. The number of carbonyl (C=O) groups is 1. The van der Waals surface area contributed by atoms with Gasteiger partial charge >= 0.3 is 6.03 Å². The molecule has 0 aliphatic heterocycles. The van der Waals surface area contributed by atoms with Gasteiger partial charge in [-0.2, -0.15) is 0 Å². The molecule has 5 nitrogen and oxygen atoms in total. The predicted octanol–water partition coefficient (Wildman–Crippen LogP) is 0.0824. The summed E-state index contributed by atoms with van der Waals surface area (Å²) < 4.78 is 21.5. The van der Waals surface area contributed by atoms with Gasteiger partial charge in [-0.3, -0.25) is 0 Å². The summed E-state index contributed by atoms with van der Waals surface area (Å²) >= 11 is 0. The van der Waals surface area contributed by atoms with Crippen molar-refractivity contribution in [3.63, 3.8) is 0 Å². The molecule has 0 rings (SSSR count). The van der Waals surface area contributed by atoms with Crippen molar-refractivity contribution in [1.82, 2.24) is 10.2 Å². The fourth-order valence-corrected chi connectivity index (χ4v) is 1.48. The Bertz CT molecular complexity index is 274. The Balaban J connectivity index is 3.61. The van der Waals surface area contributed by atoms with Crippen molar-refractivity contribution in [2.45, 2.75) is 13.3 Å². The number of sulfone groups is 1. The quantitative estimate of drug-likeness (QED) is 0.670. The van der Waals surface area contributed by atoms with Gasteiger partial charge in [0.2, 0.25) is 0 Å². The van der Waals surface area contributed by atoms with Crippen LogP contribution in [0.25, 0.3) is 0 Å². The minimum absolute atomic E-state index is 0.114. The molecule has 0 saturated carbocycles. The normalized spacial score (nSPS) is 11.1. The first-order valence-electron chi connectivity index (χ1n) is 4.53. The van der Waals surface area contributed by atoms with Crippen LogP contribution in [0, 0.1) is 0 Å². The Kier molecular flexibility index (Phi) is 5.52. The van der Waals surface area contributed by atoms with Gasteiger partial charge in [-0.25, -0.2) is 13.2 Å². The van der Waals surface area contributed by atoms with E-state index in [4.69, 9.17) is 0 Å². The molecule has 2 amide bonds. The van der Waals surface area contributed by atoms with E-state index in [1.54, 1.807) is 7.05 Å². The van der Waals surface area contributed by atoms with Gasteiger partial charge in [0.05, 0.1) is 5.75 Å². The minimum atomic E-state index is -2.91. The number of nitrogens with one attached hydrogen (secondary N) is 1. The zero-order valence-corrected chi connectivity index (χ0v) is 9.73. The molecule has 0 saturated heterocycles. The third kappa shape index (κ3) is 6.71. The molecular formula is C8H18N2O3S. The lowest BCUT2D eigenvalue weighted by atomic mass is 10.5. The standard InChI is InChI=1S/C8H18N2O3S/c1-4-10(2)8(11)9-6-5-7-14(3,12)13/h4-7H2,1-3H3,(H,9,11). The Morgan fingerprint density at radius 2 is 2.00 bits per heavy atom. The van der Waals surface area contributed by atoms with Crippen molar-refractivity contribution >= 4 is 15.9 Å². The van der Waals surface area contributed by atoms with Crippen LogP contribution in [0.2, 0.25) is 0 Å². The number of hydrogen-bond donors (Lipinski definition) is 1. The zero-order chi connectivity index (χ0) is 11.2. The molecule has 0 fully saturated rings. The number of amides is 2. The van der Waals surface area contributed by atoms with Crippen molar-refractivity contribution < 1.29 is 13.2 Å². The summed E-state index contributed by atoms with van der Waals surface area (Å²) in [5.74, 6) is 0.114. The number of urea groups is 1. The largest absolute Gasteiger partial charge is 0.338 e. The maximum atomic E-state index is 11.2. The van der Waals surface area contributed by atoms with Crippen LogP contribution in [0.15, 0.2) is 0 Å². The maximum Gasteiger partial charge on any atom is 0.317 e. The minimum Gasteiger partial charge on any atom is -0.338 e. The lowest BCUT2D eigenvalue weighted by Gasteiger charge is -2.15. The van der Waals surface area contributed by atoms with E-state index in [9.17, 15) is 13.2 Å². The van der Waals surface area contributed by atoms with E-state index < -0.39 is 9.84 Å². The first kappa shape index (κ1) is 13.2. The smallest absolute Gasteiger partial charge is 0.317 e. The molecule has 0 aromatic heterocycles. The van der Waals surface area contributed by atoms with Crippen LogP contribution in [-0.2, 0) is 9.84 Å². The lowest BCUT2D eigenvalue weighted by Crippen LogP contribution is -2.37. The predicted molar refractivity (Wildman–Crippen MR) is 56.0 cm³/mol. The molecule has 14 heavy (non-hydrogen) atoms. The summed E-state index contributed by atoms with van der Waals surface area (Å²) in [5, 5.41) is 2.63. The summed E-state index contributed by atoms with van der Waals surface area (Å²) in [6, 6.07) is -0.166. The average Bonchev–Trinajstić information content (AvgIpc) is 2.09. The van der Waals surface area contributed by atoms with Crippen molar-refractivity contribution in [2.75, 3.05) is 32.1 Å².